The van der Waals surface area contributed by atoms with Crippen LogP contribution in [-0.2, 0) is 11.3 Å². The van der Waals surface area contributed by atoms with Gasteiger partial charge in [0.15, 0.2) is 0 Å². The highest BCUT2D eigenvalue weighted by atomic mass is 35.5. The standard InChI is InChI=1S/C9H10ClNO2/c10-8-2-1-3-9-7(8)4-6(13-9)5-12-11/h1-3,6H,4-5,11H2. The number of halogens is 1. The molecule has 0 fully saturated rings. The van der Waals surface area contributed by atoms with Crippen LogP contribution in [0.4, 0.5) is 0 Å². The summed E-state index contributed by atoms with van der Waals surface area (Å²) in [5.74, 6) is 5.81. The highest BCUT2D eigenvalue weighted by Crippen LogP contribution is 2.33. The smallest absolute Gasteiger partial charge is 0.128 e. The van der Waals surface area contributed by atoms with E-state index in [1.807, 2.05) is 18.2 Å². The highest BCUT2D eigenvalue weighted by Gasteiger charge is 2.24. The lowest BCUT2D eigenvalue weighted by Gasteiger charge is -2.07. The Kier molecular flexibility index (Phi) is 2.40. The second-order valence-corrected chi connectivity index (χ2v) is 3.40. The van der Waals surface area contributed by atoms with Crippen molar-refractivity contribution >= 4 is 11.6 Å². The van der Waals surface area contributed by atoms with Crippen molar-refractivity contribution in [3.63, 3.8) is 0 Å². The predicted octanol–water partition coefficient (Wildman–Crippen LogP) is 1.53. The fourth-order valence-corrected chi connectivity index (χ4v) is 1.74. The van der Waals surface area contributed by atoms with Crippen molar-refractivity contribution in [2.75, 3.05) is 6.61 Å². The minimum absolute atomic E-state index is 0.0000926. The van der Waals surface area contributed by atoms with E-state index in [1.165, 1.54) is 0 Å². The average Bonchev–Trinajstić information content (AvgIpc) is 2.49. The molecular formula is C9H10ClNO2. The molecule has 3 nitrogen and oxygen atoms in total. The maximum atomic E-state index is 5.98. The van der Waals surface area contributed by atoms with E-state index in [4.69, 9.17) is 22.2 Å². The van der Waals surface area contributed by atoms with Crippen LogP contribution in [0.3, 0.4) is 0 Å². The van der Waals surface area contributed by atoms with E-state index >= 15 is 0 Å². The molecule has 0 saturated carbocycles. The van der Waals surface area contributed by atoms with Crippen LogP contribution in [0.2, 0.25) is 5.02 Å². The number of hydrogen-bond donors (Lipinski definition) is 1. The molecule has 0 amide bonds. The first kappa shape index (κ1) is 8.81. The van der Waals surface area contributed by atoms with Gasteiger partial charge in [0, 0.05) is 17.0 Å². The Morgan fingerprint density at radius 1 is 1.62 bits per heavy atom. The van der Waals surface area contributed by atoms with Crippen molar-refractivity contribution in [2.24, 2.45) is 5.90 Å². The molecule has 1 aliphatic rings. The van der Waals surface area contributed by atoms with Gasteiger partial charge in [-0.1, -0.05) is 17.7 Å². The predicted molar refractivity (Wildman–Crippen MR) is 49.7 cm³/mol. The molecule has 1 aromatic carbocycles. The van der Waals surface area contributed by atoms with Gasteiger partial charge in [0.05, 0.1) is 0 Å². The zero-order valence-electron chi connectivity index (χ0n) is 7.00. The molecule has 1 aromatic rings. The molecule has 2 N–H and O–H groups in total. The fourth-order valence-electron chi connectivity index (χ4n) is 1.50. The summed E-state index contributed by atoms with van der Waals surface area (Å²) in [6.45, 7) is 0.394. The van der Waals surface area contributed by atoms with Crippen LogP contribution >= 0.6 is 11.6 Å². The SMILES string of the molecule is NOCC1Cc2c(Cl)cccc2O1. The number of ether oxygens (including phenoxy) is 1. The number of fused-ring (bicyclic) bond motifs is 1. The first-order valence-electron chi connectivity index (χ1n) is 4.07. The topological polar surface area (TPSA) is 44.5 Å². The number of nitrogens with two attached hydrogens (primary N) is 1. The van der Waals surface area contributed by atoms with Gasteiger partial charge in [-0.15, -0.1) is 0 Å². The third-order valence-corrected chi connectivity index (χ3v) is 2.44. The van der Waals surface area contributed by atoms with E-state index in [1.54, 1.807) is 0 Å². The number of rotatable bonds is 2. The lowest BCUT2D eigenvalue weighted by molar-refractivity contribution is 0.0609. The summed E-state index contributed by atoms with van der Waals surface area (Å²) in [7, 11) is 0. The first-order chi connectivity index (χ1) is 6.31. The third-order valence-electron chi connectivity index (χ3n) is 2.08. The van der Waals surface area contributed by atoms with Gasteiger partial charge in [0.1, 0.15) is 18.5 Å². The molecule has 0 bridgehead atoms. The summed E-state index contributed by atoms with van der Waals surface area (Å²) in [5, 5.41) is 0.747. The maximum absolute atomic E-state index is 5.98. The van der Waals surface area contributed by atoms with Gasteiger partial charge in [0.2, 0.25) is 0 Å². The van der Waals surface area contributed by atoms with Crippen molar-refractivity contribution < 1.29 is 9.57 Å². The van der Waals surface area contributed by atoms with Gasteiger partial charge < -0.3 is 9.57 Å². The largest absolute Gasteiger partial charge is 0.487 e. The van der Waals surface area contributed by atoms with Gasteiger partial charge in [-0.25, -0.2) is 5.90 Å². The van der Waals surface area contributed by atoms with Crippen LogP contribution in [0.1, 0.15) is 5.56 Å². The second kappa shape index (κ2) is 3.54. The Balaban J connectivity index is 2.20. The van der Waals surface area contributed by atoms with E-state index < -0.39 is 0 Å². The summed E-state index contributed by atoms with van der Waals surface area (Å²) in [5.41, 5.74) is 1.05. The summed E-state index contributed by atoms with van der Waals surface area (Å²) in [4.78, 5) is 4.53. The molecule has 0 aromatic heterocycles. The molecule has 2 rings (SSSR count). The highest BCUT2D eigenvalue weighted by molar-refractivity contribution is 6.31. The van der Waals surface area contributed by atoms with Gasteiger partial charge in [-0.05, 0) is 12.1 Å². The molecule has 0 spiro atoms. The zero-order valence-corrected chi connectivity index (χ0v) is 7.75. The van der Waals surface area contributed by atoms with Crippen LogP contribution in [0.5, 0.6) is 5.75 Å². The molecule has 4 heteroatoms. The Morgan fingerprint density at radius 3 is 3.15 bits per heavy atom. The van der Waals surface area contributed by atoms with Crippen molar-refractivity contribution in [1.82, 2.24) is 0 Å². The van der Waals surface area contributed by atoms with E-state index in [0.29, 0.717) is 6.61 Å². The van der Waals surface area contributed by atoms with Gasteiger partial charge in [-0.2, -0.15) is 0 Å². The van der Waals surface area contributed by atoms with Crippen molar-refractivity contribution in [3.8, 4) is 5.75 Å². The van der Waals surface area contributed by atoms with Crippen LogP contribution in [-0.4, -0.2) is 12.7 Å². The molecule has 0 aliphatic carbocycles. The first-order valence-corrected chi connectivity index (χ1v) is 4.45. The molecule has 1 heterocycles. The zero-order chi connectivity index (χ0) is 9.26. The summed E-state index contributed by atoms with van der Waals surface area (Å²) >= 11 is 5.98. The Hall–Kier alpha value is -0.770. The lowest BCUT2D eigenvalue weighted by atomic mass is 10.1. The van der Waals surface area contributed by atoms with Gasteiger partial charge in [-0.3, -0.25) is 0 Å². The van der Waals surface area contributed by atoms with E-state index in [0.717, 1.165) is 22.8 Å². The lowest BCUT2D eigenvalue weighted by Crippen LogP contribution is -2.22. The Morgan fingerprint density at radius 2 is 2.46 bits per heavy atom. The van der Waals surface area contributed by atoms with Crippen LogP contribution in [0.15, 0.2) is 18.2 Å². The van der Waals surface area contributed by atoms with Gasteiger partial charge in [0.25, 0.3) is 0 Å². The molecule has 0 radical (unpaired) electrons. The van der Waals surface area contributed by atoms with Gasteiger partial charge >= 0.3 is 0 Å². The normalized spacial score (nSPS) is 19.7. The fraction of sp³-hybridized carbons (Fsp3) is 0.333. The molecule has 1 atom stereocenters. The Labute approximate surface area is 81.3 Å². The van der Waals surface area contributed by atoms with Crippen molar-refractivity contribution in [1.29, 1.82) is 0 Å². The van der Waals surface area contributed by atoms with Crippen molar-refractivity contribution in [2.45, 2.75) is 12.5 Å². The molecule has 1 aliphatic heterocycles. The molecule has 13 heavy (non-hydrogen) atoms. The van der Waals surface area contributed by atoms with Crippen molar-refractivity contribution in [3.05, 3.63) is 28.8 Å². The Bertz CT molecular complexity index is 316. The minimum atomic E-state index is -0.0000926. The number of benzene rings is 1. The van der Waals surface area contributed by atoms with Crippen LogP contribution in [0, 0.1) is 0 Å². The molecular weight excluding hydrogens is 190 g/mol. The van der Waals surface area contributed by atoms with Crippen LogP contribution in [0.25, 0.3) is 0 Å². The summed E-state index contributed by atoms with van der Waals surface area (Å²) in [6.07, 6.45) is 0.770. The average molecular weight is 200 g/mol. The number of hydrogen-bond acceptors (Lipinski definition) is 3. The quantitative estimate of drug-likeness (QED) is 0.735. The molecule has 0 saturated heterocycles. The van der Waals surface area contributed by atoms with E-state index in [2.05, 4.69) is 4.84 Å². The minimum Gasteiger partial charge on any atom is -0.487 e. The van der Waals surface area contributed by atoms with E-state index in [-0.39, 0.29) is 6.10 Å². The second-order valence-electron chi connectivity index (χ2n) is 2.99. The summed E-state index contributed by atoms with van der Waals surface area (Å²) < 4.78 is 5.54. The third kappa shape index (κ3) is 1.63. The van der Waals surface area contributed by atoms with E-state index in [9.17, 15) is 0 Å². The maximum Gasteiger partial charge on any atom is 0.128 e. The monoisotopic (exact) mass is 199 g/mol. The molecule has 70 valence electrons. The summed E-state index contributed by atoms with van der Waals surface area (Å²) in [6, 6.07) is 5.63. The van der Waals surface area contributed by atoms with Crippen LogP contribution < -0.4 is 10.6 Å². The molecule has 1 unspecified atom stereocenters.